The molecule has 1 heterocycles. The highest BCUT2D eigenvalue weighted by Gasteiger charge is 2.33. The summed E-state index contributed by atoms with van der Waals surface area (Å²) in [5, 5.41) is 2.73. The van der Waals surface area contributed by atoms with Gasteiger partial charge in [-0.15, -0.1) is 0 Å². The van der Waals surface area contributed by atoms with Crippen molar-refractivity contribution < 1.29 is 27.8 Å². The number of amides is 2. The van der Waals surface area contributed by atoms with Gasteiger partial charge in [-0.05, 0) is 80.5 Å². The van der Waals surface area contributed by atoms with Crippen molar-refractivity contribution in [3.05, 3.63) is 51.1 Å². The molecule has 0 unspecified atom stereocenters. The quantitative estimate of drug-likeness (QED) is 0.464. The fourth-order valence-corrected chi connectivity index (χ4v) is 3.99. The van der Waals surface area contributed by atoms with Crippen LogP contribution in [0.25, 0.3) is 0 Å². The normalized spacial score (nSPS) is 15.9. The van der Waals surface area contributed by atoms with Crippen LogP contribution in [-0.2, 0) is 4.74 Å². The van der Waals surface area contributed by atoms with Crippen LogP contribution < -0.4 is 15.8 Å². The molecular formula is C23H26F2IN3O4. The Kier molecular flexibility index (Phi) is 7.65. The number of primary amides is 1. The Balaban J connectivity index is 1.83. The number of hydrogen-bond acceptors (Lipinski definition) is 5. The Morgan fingerprint density at radius 1 is 1.21 bits per heavy atom. The predicted octanol–water partition coefficient (Wildman–Crippen LogP) is 5.19. The molecule has 1 aliphatic heterocycles. The summed E-state index contributed by atoms with van der Waals surface area (Å²) in [6.45, 7) is 5.87. The lowest BCUT2D eigenvalue weighted by atomic mass is 10.1. The molecule has 0 bridgehead atoms. The lowest BCUT2D eigenvalue weighted by Crippen LogP contribution is -2.42. The summed E-state index contributed by atoms with van der Waals surface area (Å²) in [6.07, 6.45) is 0.969. The van der Waals surface area contributed by atoms with E-state index >= 15 is 0 Å². The number of nitrogens with zero attached hydrogens (tertiary/aromatic N) is 1. The van der Waals surface area contributed by atoms with Crippen molar-refractivity contribution in [3.8, 4) is 5.75 Å². The van der Waals surface area contributed by atoms with Gasteiger partial charge in [0.25, 0.3) is 5.91 Å². The number of likely N-dealkylation sites (tertiary alicyclic amines) is 1. The maximum Gasteiger partial charge on any atom is 0.410 e. The second kappa shape index (κ2) is 10.1. The van der Waals surface area contributed by atoms with Crippen molar-refractivity contribution in [1.82, 2.24) is 4.90 Å². The Labute approximate surface area is 204 Å². The first kappa shape index (κ1) is 25.0. The molecule has 3 N–H and O–H groups in total. The Morgan fingerprint density at radius 2 is 1.94 bits per heavy atom. The molecule has 7 nitrogen and oxygen atoms in total. The van der Waals surface area contributed by atoms with Gasteiger partial charge in [0.05, 0.1) is 17.4 Å². The lowest BCUT2D eigenvalue weighted by molar-refractivity contribution is 0.0186. The Morgan fingerprint density at radius 3 is 2.58 bits per heavy atom. The van der Waals surface area contributed by atoms with E-state index in [1.54, 1.807) is 31.7 Å². The van der Waals surface area contributed by atoms with Crippen LogP contribution in [0.15, 0.2) is 30.3 Å². The molecule has 0 saturated carbocycles. The van der Waals surface area contributed by atoms with Crippen molar-refractivity contribution in [1.29, 1.82) is 0 Å². The van der Waals surface area contributed by atoms with Gasteiger partial charge in [-0.25, -0.2) is 13.6 Å². The van der Waals surface area contributed by atoms with Crippen LogP contribution in [0.2, 0.25) is 0 Å². The first-order chi connectivity index (χ1) is 15.4. The van der Waals surface area contributed by atoms with Crippen LogP contribution >= 0.6 is 22.6 Å². The van der Waals surface area contributed by atoms with Gasteiger partial charge in [0, 0.05) is 16.2 Å². The number of anilines is 2. The zero-order valence-corrected chi connectivity index (χ0v) is 20.7. The van der Waals surface area contributed by atoms with E-state index in [1.807, 2.05) is 22.6 Å². The summed E-state index contributed by atoms with van der Waals surface area (Å²) < 4.78 is 40.6. The van der Waals surface area contributed by atoms with E-state index < -0.39 is 29.2 Å². The molecule has 1 atom stereocenters. The number of benzene rings is 2. The molecule has 0 spiro atoms. The van der Waals surface area contributed by atoms with E-state index in [2.05, 4.69) is 5.32 Å². The van der Waals surface area contributed by atoms with Crippen molar-refractivity contribution in [2.24, 2.45) is 5.73 Å². The van der Waals surface area contributed by atoms with E-state index in [-0.39, 0.29) is 35.3 Å². The number of ether oxygens (including phenoxy) is 2. The van der Waals surface area contributed by atoms with Gasteiger partial charge in [0.15, 0.2) is 0 Å². The monoisotopic (exact) mass is 573 g/mol. The molecule has 1 saturated heterocycles. The zero-order chi connectivity index (χ0) is 24.3. The molecule has 2 aromatic rings. The molecule has 0 aromatic heterocycles. The van der Waals surface area contributed by atoms with Crippen molar-refractivity contribution in [2.45, 2.75) is 45.3 Å². The van der Waals surface area contributed by atoms with Gasteiger partial charge in [0.1, 0.15) is 35.2 Å². The predicted molar refractivity (Wildman–Crippen MR) is 129 cm³/mol. The molecule has 1 aliphatic rings. The van der Waals surface area contributed by atoms with Crippen molar-refractivity contribution in [3.63, 3.8) is 0 Å². The number of halogens is 3. The fourth-order valence-electron chi connectivity index (χ4n) is 3.54. The highest BCUT2D eigenvalue weighted by Crippen LogP contribution is 2.32. The third kappa shape index (κ3) is 6.46. The van der Waals surface area contributed by atoms with Gasteiger partial charge in [0.2, 0.25) is 0 Å². The van der Waals surface area contributed by atoms with E-state index in [0.29, 0.717) is 16.5 Å². The fraction of sp³-hybridized carbons (Fsp3) is 0.391. The van der Waals surface area contributed by atoms with E-state index in [0.717, 1.165) is 18.6 Å². The highest BCUT2D eigenvalue weighted by molar-refractivity contribution is 14.1. The van der Waals surface area contributed by atoms with E-state index in [4.69, 9.17) is 15.2 Å². The SMILES string of the molecule is CC(C)(C)OC(=O)N1CCC[C@H]1COc1cc(F)cc(Nc2ccc(I)cc2F)c1C(N)=O. The largest absolute Gasteiger partial charge is 0.490 e. The second-order valence-electron chi connectivity index (χ2n) is 8.72. The van der Waals surface area contributed by atoms with Gasteiger partial charge >= 0.3 is 6.09 Å². The minimum Gasteiger partial charge on any atom is -0.490 e. The average Bonchev–Trinajstić information content (AvgIpc) is 3.15. The van der Waals surface area contributed by atoms with Crippen LogP contribution in [0.3, 0.4) is 0 Å². The van der Waals surface area contributed by atoms with Crippen LogP contribution in [-0.4, -0.2) is 41.7 Å². The number of hydrogen-bond donors (Lipinski definition) is 2. The maximum absolute atomic E-state index is 14.4. The summed E-state index contributed by atoms with van der Waals surface area (Å²) in [7, 11) is 0. The number of nitrogens with two attached hydrogens (primary N) is 1. The lowest BCUT2D eigenvalue weighted by Gasteiger charge is -2.28. The topological polar surface area (TPSA) is 93.9 Å². The minimum absolute atomic E-state index is 0.0142. The summed E-state index contributed by atoms with van der Waals surface area (Å²) in [5.41, 5.74) is 4.83. The molecule has 2 amide bonds. The summed E-state index contributed by atoms with van der Waals surface area (Å²) in [4.78, 5) is 26.3. The molecule has 33 heavy (non-hydrogen) atoms. The number of nitrogens with one attached hydrogen (secondary N) is 1. The number of carbonyl (C=O) groups is 2. The standard InChI is InChI=1S/C23H26F2IN3O4/c1-23(2,3)33-22(31)29-8-4-5-15(29)12-32-19-10-13(24)9-18(20(19)21(27)30)28-17-7-6-14(26)11-16(17)25/h6-7,9-11,15,28H,4-5,8,12H2,1-3H3,(H2,27,30)/t15-/m0/s1. The van der Waals surface area contributed by atoms with Crippen molar-refractivity contribution >= 4 is 46.0 Å². The van der Waals surface area contributed by atoms with Crippen LogP contribution in [0.5, 0.6) is 5.75 Å². The maximum atomic E-state index is 14.4. The third-order valence-electron chi connectivity index (χ3n) is 4.95. The molecule has 0 radical (unpaired) electrons. The molecule has 10 heteroatoms. The summed E-state index contributed by atoms with van der Waals surface area (Å²) in [5.74, 6) is -2.22. The highest BCUT2D eigenvalue weighted by atomic mass is 127. The number of rotatable bonds is 6. The molecule has 178 valence electrons. The Bertz CT molecular complexity index is 1060. The second-order valence-corrected chi connectivity index (χ2v) is 9.97. The molecule has 2 aromatic carbocycles. The molecule has 3 rings (SSSR count). The van der Waals surface area contributed by atoms with Crippen LogP contribution in [0.4, 0.5) is 25.0 Å². The van der Waals surface area contributed by atoms with E-state index in [1.165, 1.54) is 12.1 Å². The average molecular weight is 573 g/mol. The molecule has 0 aliphatic carbocycles. The summed E-state index contributed by atoms with van der Waals surface area (Å²) >= 11 is 1.96. The Hall–Kier alpha value is -2.63. The van der Waals surface area contributed by atoms with Gasteiger partial charge < -0.3 is 25.4 Å². The smallest absolute Gasteiger partial charge is 0.410 e. The van der Waals surface area contributed by atoms with Gasteiger partial charge in [-0.2, -0.15) is 0 Å². The van der Waals surface area contributed by atoms with Crippen molar-refractivity contribution in [2.75, 3.05) is 18.5 Å². The summed E-state index contributed by atoms with van der Waals surface area (Å²) in [6, 6.07) is 6.22. The van der Waals surface area contributed by atoms with Crippen LogP contribution in [0.1, 0.15) is 44.0 Å². The minimum atomic E-state index is -0.867. The van der Waals surface area contributed by atoms with E-state index in [9.17, 15) is 18.4 Å². The third-order valence-corrected chi connectivity index (χ3v) is 5.62. The zero-order valence-electron chi connectivity index (χ0n) is 18.6. The first-order valence-corrected chi connectivity index (χ1v) is 11.5. The first-order valence-electron chi connectivity index (χ1n) is 10.4. The number of carbonyl (C=O) groups excluding carboxylic acids is 2. The van der Waals surface area contributed by atoms with Crippen LogP contribution in [0, 0.1) is 15.2 Å². The molecular weight excluding hydrogens is 547 g/mol. The van der Waals surface area contributed by atoms with Gasteiger partial charge in [-0.1, -0.05) is 0 Å². The van der Waals surface area contributed by atoms with Gasteiger partial charge in [-0.3, -0.25) is 4.79 Å². The molecule has 1 fully saturated rings.